The van der Waals surface area contributed by atoms with Crippen LogP contribution in [0.25, 0.3) is 0 Å². The zero-order chi connectivity index (χ0) is 18.6. The highest BCUT2D eigenvalue weighted by Crippen LogP contribution is 2.22. The van der Waals surface area contributed by atoms with Gasteiger partial charge >= 0.3 is 0 Å². The Bertz CT molecular complexity index is 921. The summed E-state index contributed by atoms with van der Waals surface area (Å²) in [5.41, 5.74) is 7.08. The predicted molar refractivity (Wildman–Crippen MR) is 101 cm³/mol. The Morgan fingerprint density at radius 1 is 1.04 bits per heavy atom. The number of carbonyl (C=O) groups excluding carboxylic acids is 1. The lowest BCUT2D eigenvalue weighted by molar-refractivity contribution is -0.116. The molecule has 1 aliphatic rings. The SMILES string of the molecule is O=C(Cc1ccc(F)cc1)Nn1ncc2c1CN(CCc1ccccc1)C2. The third kappa shape index (κ3) is 4.23. The normalized spacial score (nSPS) is 13.5. The molecule has 1 aromatic heterocycles. The summed E-state index contributed by atoms with van der Waals surface area (Å²) >= 11 is 0. The lowest BCUT2D eigenvalue weighted by Gasteiger charge is -2.15. The first kappa shape index (κ1) is 17.4. The van der Waals surface area contributed by atoms with Gasteiger partial charge in [0, 0.05) is 25.2 Å². The quantitative estimate of drug-likeness (QED) is 0.732. The summed E-state index contributed by atoms with van der Waals surface area (Å²) in [6.45, 7) is 2.57. The fourth-order valence-electron chi connectivity index (χ4n) is 3.35. The molecule has 2 aromatic carbocycles. The maximum Gasteiger partial charge on any atom is 0.244 e. The lowest BCUT2D eigenvalue weighted by Crippen LogP contribution is -2.28. The van der Waals surface area contributed by atoms with E-state index in [-0.39, 0.29) is 18.1 Å². The average Bonchev–Trinajstić information content (AvgIpc) is 3.24. The van der Waals surface area contributed by atoms with Crippen molar-refractivity contribution in [2.75, 3.05) is 12.0 Å². The van der Waals surface area contributed by atoms with Gasteiger partial charge < -0.3 is 0 Å². The molecule has 6 heteroatoms. The van der Waals surface area contributed by atoms with Gasteiger partial charge in [0.1, 0.15) is 5.82 Å². The number of carbonyl (C=O) groups is 1. The summed E-state index contributed by atoms with van der Waals surface area (Å²) in [7, 11) is 0. The highest BCUT2D eigenvalue weighted by molar-refractivity contribution is 5.85. The number of nitrogens with zero attached hydrogens (tertiary/aromatic N) is 3. The first-order valence-electron chi connectivity index (χ1n) is 9.04. The second-order valence-electron chi connectivity index (χ2n) is 6.81. The molecule has 3 aromatic rings. The smallest absolute Gasteiger partial charge is 0.244 e. The van der Waals surface area contributed by atoms with E-state index in [0.717, 1.165) is 42.9 Å². The predicted octanol–water partition coefficient (Wildman–Crippen LogP) is 2.89. The van der Waals surface area contributed by atoms with Gasteiger partial charge in [-0.25, -0.2) is 9.82 Å². The molecular weight excluding hydrogens is 343 g/mol. The minimum absolute atomic E-state index is 0.171. The molecule has 1 aliphatic heterocycles. The van der Waals surface area contributed by atoms with Crippen LogP contribution in [0.15, 0.2) is 60.8 Å². The largest absolute Gasteiger partial charge is 0.293 e. The van der Waals surface area contributed by atoms with Crippen LogP contribution in [0.2, 0.25) is 0 Å². The van der Waals surface area contributed by atoms with Crippen molar-refractivity contribution in [2.45, 2.75) is 25.9 Å². The molecule has 4 rings (SSSR count). The van der Waals surface area contributed by atoms with Crippen molar-refractivity contribution < 1.29 is 9.18 Å². The van der Waals surface area contributed by atoms with Crippen molar-refractivity contribution in [1.82, 2.24) is 14.8 Å². The first-order chi connectivity index (χ1) is 13.2. The van der Waals surface area contributed by atoms with Crippen LogP contribution in [0, 0.1) is 5.82 Å². The van der Waals surface area contributed by atoms with Crippen molar-refractivity contribution in [1.29, 1.82) is 0 Å². The summed E-state index contributed by atoms with van der Waals surface area (Å²) < 4.78 is 13.0. The van der Waals surface area contributed by atoms with Crippen LogP contribution >= 0.6 is 0 Å². The summed E-state index contributed by atoms with van der Waals surface area (Å²) in [6.07, 6.45) is 3.00. The molecule has 0 fully saturated rings. The number of hydrogen-bond donors (Lipinski definition) is 1. The van der Waals surface area contributed by atoms with Gasteiger partial charge in [0.15, 0.2) is 0 Å². The minimum Gasteiger partial charge on any atom is -0.293 e. The lowest BCUT2D eigenvalue weighted by atomic mass is 10.1. The molecule has 5 nitrogen and oxygen atoms in total. The number of aromatic nitrogens is 2. The van der Waals surface area contributed by atoms with Gasteiger partial charge in [-0.3, -0.25) is 9.69 Å². The van der Waals surface area contributed by atoms with E-state index in [9.17, 15) is 9.18 Å². The zero-order valence-corrected chi connectivity index (χ0v) is 14.9. The molecule has 1 N–H and O–H groups in total. The maximum atomic E-state index is 13.0. The molecule has 0 spiro atoms. The second kappa shape index (κ2) is 7.72. The van der Waals surface area contributed by atoms with Gasteiger partial charge in [-0.2, -0.15) is 9.89 Å². The fourth-order valence-corrected chi connectivity index (χ4v) is 3.35. The van der Waals surface area contributed by atoms with E-state index in [0.29, 0.717) is 0 Å². The van der Waals surface area contributed by atoms with Crippen molar-refractivity contribution in [2.24, 2.45) is 0 Å². The van der Waals surface area contributed by atoms with Crippen LogP contribution in [-0.4, -0.2) is 27.2 Å². The van der Waals surface area contributed by atoms with E-state index in [1.165, 1.54) is 17.7 Å². The van der Waals surface area contributed by atoms with Crippen LogP contribution in [0.4, 0.5) is 4.39 Å². The number of fused-ring (bicyclic) bond motifs is 1. The second-order valence-corrected chi connectivity index (χ2v) is 6.81. The number of benzene rings is 2. The van der Waals surface area contributed by atoms with Gasteiger partial charge in [0.2, 0.25) is 5.91 Å². The van der Waals surface area contributed by atoms with E-state index in [1.807, 2.05) is 12.3 Å². The molecule has 2 heterocycles. The third-order valence-electron chi connectivity index (χ3n) is 4.79. The van der Waals surface area contributed by atoms with Crippen LogP contribution in [0.5, 0.6) is 0 Å². The molecule has 0 radical (unpaired) electrons. The molecule has 27 heavy (non-hydrogen) atoms. The Morgan fingerprint density at radius 3 is 2.59 bits per heavy atom. The Hall–Kier alpha value is -2.99. The molecule has 0 saturated carbocycles. The van der Waals surface area contributed by atoms with Gasteiger partial charge in [-0.15, -0.1) is 0 Å². The van der Waals surface area contributed by atoms with Crippen molar-refractivity contribution in [3.8, 4) is 0 Å². The molecule has 1 amide bonds. The van der Waals surface area contributed by atoms with E-state index >= 15 is 0 Å². The molecule has 0 unspecified atom stereocenters. The van der Waals surface area contributed by atoms with E-state index in [1.54, 1.807) is 16.9 Å². The van der Waals surface area contributed by atoms with Crippen LogP contribution in [0.3, 0.4) is 0 Å². The molecule has 0 aliphatic carbocycles. The Kier molecular flexibility index (Phi) is 4.98. The van der Waals surface area contributed by atoms with E-state index in [4.69, 9.17) is 0 Å². The first-order valence-corrected chi connectivity index (χ1v) is 9.04. The number of rotatable bonds is 6. The van der Waals surface area contributed by atoms with Crippen LogP contribution in [-0.2, 0) is 30.7 Å². The van der Waals surface area contributed by atoms with Gasteiger partial charge in [-0.1, -0.05) is 42.5 Å². The number of nitrogens with one attached hydrogen (secondary N) is 1. The Morgan fingerprint density at radius 2 is 1.81 bits per heavy atom. The molecular formula is C21H21FN4O. The monoisotopic (exact) mass is 364 g/mol. The van der Waals surface area contributed by atoms with Gasteiger partial charge in [0.05, 0.1) is 18.3 Å². The third-order valence-corrected chi connectivity index (χ3v) is 4.79. The van der Waals surface area contributed by atoms with E-state index in [2.05, 4.69) is 39.7 Å². The van der Waals surface area contributed by atoms with Gasteiger partial charge in [-0.05, 0) is 29.7 Å². The summed E-state index contributed by atoms with van der Waals surface area (Å²) in [4.78, 5) is 16.2. The minimum atomic E-state index is -0.306. The fraction of sp³-hybridized carbons (Fsp3) is 0.238. The number of amides is 1. The maximum absolute atomic E-state index is 13.0. The number of hydrogen-bond acceptors (Lipinski definition) is 3. The number of halogens is 1. The molecule has 138 valence electrons. The summed E-state index contributed by atoms with van der Waals surface area (Å²) in [5, 5.41) is 4.28. The summed E-state index contributed by atoms with van der Waals surface area (Å²) in [6, 6.07) is 16.4. The standard InChI is InChI=1S/C21H21FN4O/c22-19-8-6-17(7-9-19)12-21(27)24-26-20-15-25(14-18(20)13-23-26)11-10-16-4-2-1-3-5-16/h1-9,13H,10-12,14-15H2,(H,24,27). The van der Waals surface area contributed by atoms with Crippen molar-refractivity contribution in [3.63, 3.8) is 0 Å². The van der Waals surface area contributed by atoms with Crippen molar-refractivity contribution in [3.05, 3.63) is 89.0 Å². The molecule has 0 atom stereocenters. The van der Waals surface area contributed by atoms with Crippen LogP contribution in [0.1, 0.15) is 22.4 Å². The Balaban J connectivity index is 1.33. The average molecular weight is 364 g/mol. The van der Waals surface area contributed by atoms with E-state index < -0.39 is 0 Å². The summed E-state index contributed by atoms with van der Waals surface area (Å²) in [5.74, 6) is -0.477. The highest BCUT2D eigenvalue weighted by Gasteiger charge is 2.24. The highest BCUT2D eigenvalue weighted by atomic mass is 19.1. The van der Waals surface area contributed by atoms with Crippen LogP contribution < -0.4 is 5.43 Å². The molecule has 0 saturated heterocycles. The zero-order valence-electron chi connectivity index (χ0n) is 14.9. The topological polar surface area (TPSA) is 50.2 Å². The Labute approximate surface area is 157 Å². The molecule has 0 bridgehead atoms. The van der Waals surface area contributed by atoms with Crippen molar-refractivity contribution >= 4 is 5.91 Å². The van der Waals surface area contributed by atoms with Gasteiger partial charge in [0.25, 0.3) is 0 Å².